The lowest BCUT2D eigenvalue weighted by molar-refractivity contribution is 0.0944. The number of nitrogen functional groups attached to an aromatic ring is 1. The average molecular weight is 260 g/mol. The van der Waals surface area contributed by atoms with Gasteiger partial charge < -0.3 is 11.1 Å². The Hall–Kier alpha value is -1.58. The second-order valence-corrected chi connectivity index (χ2v) is 6.22. The average Bonchev–Trinajstić information content (AvgIpc) is 2.81. The van der Waals surface area contributed by atoms with Gasteiger partial charge in [-0.3, -0.25) is 4.79 Å². The summed E-state index contributed by atoms with van der Waals surface area (Å²) in [6.07, 6.45) is 4.04. The molecule has 0 saturated heterocycles. The Labute approximate surface area is 111 Å². The predicted molar refractivity (Wildman–Crippen MR) is 69.9 cm³/mol. The third-order valence-corrected chi connectivity index (χ3v) is 5.29. The number of fused-ring (bicyclic) bond motifs is 5. The molecule has 0 aliphatic heterocycles. The van der Waals surface area contributed by atoms with Gasteiger partial charge in [-0.1, -0.05) is 0 Å². The molecular formula is C15H17FN2O. The van der Waals surface area contributed by atoms with Gasteiger partial charge in [0.05, 0.1) is 5.69 Å². The molecule has 1 amide bonds. The number of halogens is 1. The topological polar surface area (TPSA) is 55.1 Å². The number of anilines is 1. The van der Waals surface area contributed by atoms with E-state index in [4.69, 9.17) is 5.73 Å². The Balaban J connectivity index is 1.46. The van der Waals surface area contributed by atoms with Gasteiger partial charge >= 0.3 is 0 Å². The van der Waals surface area contributed by atoms with Crippen molar-refractivity contribution in [2.24, 2.45) is 23.7 Å². The Morgan fingerprint density at radius 3 is 2.58 bits per heavy atom. The normalized spacial score (nSPS) is 38.1. The lowest BCUT2D eigenvalue weighted by Gasteiger charge is -2.11. The van der Waals surface area contributed by atoms with Gasteiger partial charge in [0.2, 0.25) is 0 Å². The van der Waals surface area contributed by atoms with Crippen LogP contribution in [0.2, 0.25) is 0 Å². The number of hydrogen-bond donors (Lipinski definition) is 2. The lowest BCUT2D eigenvalue weighted by Crippen LogP contribution is -2.30. The molecule has 0 heterocycles. The minimum absolute atomic E-state index is 0.0312. The van der Waals surface area contributed by atoms with Crippen molar-refractivity contribution in [3.8, 4) is 0 Å². The van der Waals surface area contributed by atoms with Gasteiger partial charge in [0.25, 0.3) is 5.91 Å². The monoisotopic (exact) mass is 260 g/mol. The van der Waals surface area contributed by atoms with Crippen molar-refractivity contribution in [3.63, 3.8) is 0 Å². The highest BCUT2D eigenvalue weighted by Crippen LogP contribution is 2.65. The van der Waals surface area contributed by atoms with Crippen LogP contribution in [0.15, 0.2) is 18.2 Å². The molecule has 3 fully saturated rings. The fourth-order valence-electron chi connectivity index (χ4n) is 4.44. The van der Waals surface area contributed by atoms with Gasteiger partial charge in [-0.2, -0.15) is 0 Å². The molecule has 4 heteroatoms. The maximum atomic E-state index is 13.1. The first-order valence-electron chi connectivity index (χ1n) is 7.01. The second kappa shape index (κ2) is 3.71. The Morgan fingerprint density at radius 2 is 1.95 bits per heavy atom. The van der Waals surface area contributed by atoms with Crippen LogP contribution < -0.4 is 11.1 Å². The first-order chi connectivity index (χ1) is 9.15. The number of hydrogen-bond acceptors (Lipinski definition) is 2. The third kappa shape index (κ3) is 1.58. The van der Waals surface area contributed by atoms with Crippen LogP contribution in [-0.4, -0.2) is 11.9 Å². The minimum Gasteiger partial charge on any atom is -0.396 e. The van der Waals surface area contributed by atoms with Crippen molar-refractivity contribution in [2.45, 2.75) is 25.3 Å². The number of nitrogens with one attached hydrogen (secondary N) is 1. The fourth-order valence-corrected chi connectivity index (χ4v) is 4.44. The first-order valence-corrected chi connectivity index (χ1v) is 7.01. The largest absolute Gasteiger partial charge is 0.396 e. The van der Waals surface area contributed by atoms with E-state index in [9.17, 15) is 9.18 Å². The molecule has 3 saturated carbocycles. The molecule has 1 aromatic carbocycles. The zero-order chi connectivity index (χ0) is 13.1. The molecule has 2 bridgehead atoms. The lowest BCUT2D eigenvalue weighted by atomic mass is 10.0. The summed E-state index contributed by atoms with van der Waals surface area (Å²) < 4.78 is 13.1. The Morgan fingerprint density at radius 1 is 1.26 bits per heavy atom. The van der Waals surface area contributed by atoms with Gasteiger partial charge in [0.15, 0.2) is 0 Å². The number of amides is 1. The van der Waals surface area contributed by atoms with E-state index in [1.807, 2.05) is 0 Å². The second-order valence-electron chi connectivity index (χ2n) is 6.22. The maximum Gasteiger partial charge on any atom is 0.251 e. The molecule has 4 atom stereocenters. The van der Waals surface area contributed by atoms with E-state index in [1.165, 1.54) is 37.5 Å². The molecule has 0 radical (unpaired) electrons. The highest BCUT2D eigenvalue weighted by atomic mass is 19.1. The Kier molecular flexibility index (Phi) is 2.20. The van der Waals surface area contributed by atoms with Gasteiger partial charge in [-0.25, -0.2) is 4.39 Å². The minimum atomic E-state index is -0.474. The van der Waals surface area contributed by atoms with E-state index < -0.39 is 5.82 Å². The summed E-state index contributed by atoms with van der Waals surface area (Å²) in [5.41, 5.74) is 5.98. The van der Waals surface area contributed by atoms with Crippen molar-refractivity contribution in [2.75, 3.05) is 5.73 Å². The number of nitrogens with two attached hydrogens (primary N) is 1. The third-order valence-electron chi connectivity index (χ3n) is 5.29. The molecule has 3 aliphatic carbocycles. The summed E-state index contributed by atoms with van der Waals surface area (Å²) in [5.74, 6) is 2.49. The molecule has 3 N–H and O–H groups in total. The van der Waals surface area contributed by atoms with Crippen molar-refractivity contribution in [1.82, 2.24) is 5.32 Å². The molecule has 4 unspecified atom stereocenters. The van der Waals surface area contributed by atoms with Crippen LogP contribution >= 0.6 is 0 Å². The van der Waals surface area contributed by atoms with Crippen LogP contribution in [0.3, 0.4) is 0 Å². The van der Waals surface area contributed by atoms with Crippen molar-refractivity contribution in [1.29, 1.82) is 0 Å². The van der Waals surface area contributed by atoms with Crippen LogP contribution in [0, 0.1) is 29.5 Å². The molecule has 0 aromatic heterocycles. The summed E-state index contributed by atoms with van der Waals surface area (Å²) in [6.45, 7) is 0. The number of benzene rings is 1. The van der Waals surface area contributed by atoms with E-state index in [-0.39, 0.29) is 11.6 Å². The first kappa shape index (κ1) is 11.3. The molecule has 0 spiro atoms. The predicted octanol–water partition coefficient (Wildman–Crippen LogP) is 2.18. The molecule has 19 heavy (non-hydrogen) atoms. The van der Waals surface area contributed by atoms with E-state index in [0.717, 1.165) is 11.8 Å². The molecule has 3 nitrogen and oxygen atoms in total. The summed E-state index contributed by atoms with van der Waals surface area (Å²) >= 11 is 0. The van der Waals surface area contributed by atoms with Gasteiger partial charge in [-0.15, -0.1) is 0 Å². The SMILES string of the molecule is Nc1cc(C(=O)NC2C3C4CCC(C4)C23)ccc1F. The van der Waals surface area contributed by atoms with Crippen molar-refractivity contribution in [3.05, 3.63) is 29.6 Å². The Bertz CT molecular complexity index is 543. The van der Waals surface area contributed by atoms with E-state index in [2.05, 4.69) is 5.32 Å². The summed E-state index contributed by atoms with van der Waals surface area (Å²) in [7, 11) is 0. The number of carbonyl (C=O) groups is 1. The van der Waals surface area contributed by atoms with Crippen molar-refractivity contribution < 1.29 is 9.18 Å². The molecule has 3 aliphatic rings. The van der Waals surface area contributed by atoms with Crippen LogP contribution in [0.25, 0.3) is 0 Å². The number of carbonyl (C=O) groups excluding carboxylic acids is 1. The van der Waals surface area contributed by atoms with Crippen LogP contribution in [-0.2, 0) is 0 Å². The highest BCUT2D eigenvalue weighted by Gasteiger charge is 2.65. The quantitative estimate of drug-likeness (QED) is 0.801. The highest BCUT2D eigenvalue weighted by molar-refractivity contribution is 5.95. The van der Waals surface area contributed by atoms with Gasteiger partial charge in [0, 0.05) is 11.6 Å². The van der Waals surface area contributed by atoms with Crippen molar-refractivity contribution >= 4 is 11.6 Å². The van der Waals surface area contributed by atoms with Gasteiger partial charge in [0.1, 0.15) is 5.82 Å². The fraction of sp³-hybridized carbons (Fsp3) is 0.533. The van der Waals surface area contributed by atoms with Crippen LogP contribution in [0.4, 0.5) is 10.1 Å². The standard InChI is InChI=1S/C15H17FN2O/c16-10-4-3-9(6-11(10)17)15(19)18-14-12-7-1-2-8(5-7)13(12)14/h3-4,6-8,12-14H,1-2,5,17H2,(H,18,19). The van der Waals surface area contributed by atoms with E-state index in [1.54, 1.807) is 0 Å². The smallest absolute Gasteiger partial charge is 0.251 e. The van der Waals surface area contributed by atoms with E-state index in [0.29, 0.717) is 23.4 Å². The van der Waals surface area contributed by atoms with Crippen LogP contribution in [0.1, 0.15) is 29.6 Å². The summed E-state index contributed by atoms with van der Waals surface area (Å²) in [5, 5.41) is 3.10. The molecular weight excluding hydrogens is 243 g/mol. The van der Waals surface area contributed by atoms with Gasteiger partial charge in [-0.05, 0) is 61.1 Å². The molecule has 4 rings (SSSR count). The summed E-state index contributed by atoms with van der Waals surface area (Å²) in [4.78, 5) is 12.1. The maximum absolute atomic E-state index is 13.1. The zero-order valence-corrected chi connectivity index (χ0v) is 10.6. The number of rotatable bonds is 2. The summed E-state index contributed by atoms with van der Waals surface area (Å²) in [6, 6.07) is 4.51. The zero-order valence-electron chi connectivity index (χ0n) is 10.6. The van der Waals surface area contributed by atoms with E-state index >= 15 is 0 Å². The van der Waals surface area contributed by atoms with Crippen LogP contribution in [0.5, 0.6) is 0 Å². The molecule has 100 valence electrons. The molecule has 1 aromatic rings.